The summed E-state index contributed by atoms with van der Waals surface area (Å²) >= 11 is 0. The molecule has 2 aromatic carbocycles. The first-order valence-electron chi connectivity index (χ1n) is 10.1. The van der Waals surface area contributed by atoms with Crippen molar-refractivity contribution in [1.82, 2.24) is 5.16 Å². The van der Waals surface area contributed by atoms with Crippen LogP contribution in [0.4, 0.5) is 0 Å². The smallest absolute Gasteiger partial charge is 0.184 e. The van der Waals surface area contributed by atoms with Gasteiger partial charge in [0.25, 0.3) is 0 Å². The maximum Gasteiger partial charge on any atom is 0.184 e. The second-order valence-corrected chi connectivity index (χ2v) is 7.38. The molecule has 1 fully saturated rings. The van der Waals surface area contributed by atoms with Crippen LogP contribution in [0.15, 0.2) is 71.3 Å². The van der Waals surface area contributed by atoms with Crippen molar-refractivity contribution < 1.29 is 18.8 Å². The first kappa shape index (κ1) is 19.6. The molecule has 5 heteroatoms. The van der Waals surface area contributed by atoms with E-state index in [2.05, 4.69) is 5.16 Å². The molecule has 0 N–H and O–H groups in total. The second kappa shape index (κ2) is 9.63. The molecule has 0 bridgehead atoms. The van der Waals surface area contributed by atoms with Crippen molar-refractivity contribution in [2.24, 2.45) is 5.92 Å². The normalized spacial score (nSPS) is 16.4. The van der Waals surface area contributed by atoms with E-state index >= 15 is 0 Å². The van der Waals surface area contributed by atoms with Crippen LogP contribution in [0.2, 0.25) is 0 Å². The van der Waals surface area contributed by atoms with Gasteiger partial charge >= 0.3 is 0 Å². The lowest BCUT2D eigenvalue weighted by Gasteiger charge is -2.18. The monoisotopic (exact) mass is 391 g/mol. The summed E-state index contributed by atoms with van der Waals surface area (Å²) in [6, 6.07) is 21.8. The molecule has 0 aliphatic carbocycles. The Bertz CT molecular complexity index is 861. The zero-order valence-electron chi connectivity index (χ0n) is 16.3. The Morgan fingerprint density at radius 1 is 1.07 bits per heavy atom. The number of carbonyl (C=O) groups excluding carboxylic acids is 1. The Morgan fingerprint density at radius 2 is 1.76 bits per heavy atom. The SMILES string of the molecule is O=C(CCC1CCOC1)c1cc(COC(c2ccccc2)c2ccccc2)on1. The number of benzene rings is 2. The molecule has 1 aliphatic heterocycles. The Morgan fingerprint density at radius 3 is 2.38 bits per heavy atom. The van der Waals surface area contributed by atoms with Gasteiger partial charge in [0.2, 0.25) is 0 Å². The zero-order valence-corrected chi connectivity index (χ0v) is 16.3. The summed E-state index contributed by atoms with van der Waals surface area (Å²) in [6.45, 7) is 1.80. The van der Waals surface area contributed by atoms with E-state index in [0.29, 0.717) is 23.8 Å². The lowest BCUT2D eigenvalue weighted by Crippen LogP contribution is -2.06. The standard InChI is InChI=1S/C24H25NO4/c26-23(12-11-18-13-14-27-16-18)22-15-21(29-25-22)17-28-24(19-7-3-1-4-8-19)20-9-5-2-6-10-20/h1-10,15,18,24H,11-14,16-17H2. The minimum absolute atomic E-state index is 0.00886. The highest BCUT2D eigenvalue weighted by Gasteiger charge is 2.20. The van der Waals surface area contributed by atoms with Crippen LogP contribution in [0.3, 0.4) is 0 Å². The molecule has 1 unspecified atom stereocenters. The Kier molecular flexibility index (Phi) is 6.49. The lowest BCUT2D eigenvalue weighted by molar-refractivity contribution is 0.0520. The summed E-state index contributed by atoms with van der Waals surface area (Å²) in [5.74, 6) is 1.04. The predicted molar refractivity (Wildman–Crippen MR) is 109 cm³/mol. The van der Waals surface area contributed by atoms with Crippen LogP contribution in [0.5, 0.6) is 0 Å². The van der Waals surface area contributed by atoms with Crippen LogP contribution >= 0.6 is 0 Å². The van der Waals surface area contributed by atoms with E-state index in [1.165, 1.54) is 0 Å². The number of hydrogen-bond acceptors (Lipinski definition) is 5. The summed E-state index contributed by atoms with van der Waals surface area (Å²) < 4.78 is 16.9. The third kappa shape index (κ3) is 5.19. The number of Topliss-reactive ketones (excluding diaryl/α,β-unsaturated/α-hetero) is 1. The zero-order chi connectivity index (χ0) is 19.9. The summed E-state index contributed by atoms with van der Waals surface area (Å²) in [5.41, 5.74) is 2.50. The van der Waals surface area contributed by atoms with Crippen molar-refractivity contribution in [3.63, 3.8) is 0 Å². The molecule has 0 radical (unpaired) electrons. The van der Waals surface area contributed by atoms with Gasteiger partial charge in [-0.05, 0) is 29.9 Å². The van der Waals surface area contributed by atoms with Crippen LogP contribution < -0.4 is 0 Å². The number of hydrogen-bond donors (Lipinski definition) is 0. The lowest BCUT2D eigenvalue weighted by atomic mass is 10.00. The van der Waals surface area contributed by atoms with Gasteiger partial charge in [0.1, 0.15) is 18.4 Å². The number of ketones is 1. The first-order chi connectivity index (χ1) is 14.3. The van der Waals surface area contributed by atoms with Gasteiger partial charge in [0, 0.05) is 25.7 Å². The molecule has 1 aromatic heterocycles. The molecule has 0 spiro atoms. The average molecular weight is 391 g/mol. The van der Waals surface area contributed by atoms with Gasteiger partial charge in [-0.2, -0.15) is 0 Å². The molecule has 4 rings (SSSR count). The number of rotatable bonds is 9. The molecule has 0 amide bonds. The van der Waals surface area contributed by atoms with Crippen LogP contribution in [-0.4, -0.2) is 24.2 Å². The summed E-state index contributed by atoms with van der Waals surface area (Å²) in [6.07, 6.45) is 2.12. The number of aromatic nitrogens is 1. The van der Waals surface area contributed by atoms with E-state index in [1.54, 1.807) is 6.07 Å². The van der Waals surface area contributed by atoms with Gasteiger partial charge in [0.15, 0.2) is 11.5 Å². The maximum atomic E-state index is 12.4. The van der Waals surface area contributed by atoms with Crippen LogP contribution in [0.25, 0.3) is 0 Å². The summed E-state index contributed by atoms with van der Waals surface area (Å²) in [5, 5.41) is 3.95. The fraction of sp³-hybridized carbons (Fsp3) is 0.333. The Labute approximate surface area is 170 Å². The van der Waals surface area contributed by atoms with Gasteiger partial charge in [-0.1, -0.05) is 65.8 Å². The Balaban J connectivity index is 1.38. The van der Waals surface area contributed by atoms with Crippen molar-refractivity contribution >= 4 is 5.78 Å². The first-order valence-corrected chi connectivity index (χ1v) is 10.1. The number of nitrogens with zero attached hydrogens (tertiary/aromatic N) is 1. The highest BCUT2D eigenvalue weighted by atomic mass is 16.5. The molecule has 29 heavy (non-hydrogen) atoms. The van der Waals surface area contributed by atoms with Crippen molar-refractivity contribution in [3.8, 4) is 0 Å². The fourth-order valence-electron chi connectivity index (χ4n) is 3.59. The molecular formula is C24H25NO4. The molecule has 150 valence electrons. The van der Waals surface area contributed by atoms with Crippen molar-refractivity contribution in [1.29, 1.82) is 0 Å². The van der Waals surface area contributed by atoms with Gasteiger partial charge < -0.3 is 14.0 Å². The maximum absolute atomic E-state index is 12.4. The van der Waals surface area contributed by atoms with E-state index in [9.17, 15) is 4.79 Å². The van der Waals surface area contributed by atoms with Gasteiger partial charge in [-0.15, -0.1) is 0 Å². The van der Waals surface area contributed by atoms with Crippen LogP contribution in [-0.2, 0) is 16.1 Å². The topological polar surface area (TPSA) is 61.6 Å². The molecular weight excluding hydrogens is 366 g/mol. The van der Waals surface area contributed by atoms with Crippen LogP contribution in [0.1, 0.15) is 52.7 Å². The van der Waals surface area contributed by atoms with E-state index in [4.69, 9.17) is 14.0 Å². The predicted octanol–water partition coefficient (Wildman–Crippen LogP) is 4.98. The summed E-state index contributed by atoms with van der Waals surface area (Å²) in [4.78, 5) is 12.4. The quantitative estimate of drug-likeness (QED) is 0.482. The van der Waals surface area contributed by atoms with E-state index in [-0.39, 0.29) is 18.5 Å². The highest BCUT2D eigenvalue weighted by Crippen LogP contribution is 2.27. The summed E-state index contributed by atoms with van der Waals surface area (Å²) in [7, 11) is 0. The van der Waals surface area contributed by atoms with E-state index < -0.39 is 0 Å². The van der Waals surface area contributed by atoms with Crippen molar-refractivity contribution in [3.05, 3.63) is 89.3 Å². The molecule has 2 heterocycles. The van der Waals surface area contributed by atoms with Gasteiger partial charge in [0.05, 0.1) is 0 Å². The largest absolute Gasteiger partial charge is 0.381 e. The van der Waals surface area contributed by atoms with E-state index in [1.807, 2.05) is 60.7 Å². The molecule has 0 saturated carbocycles. The molecule has 1 atom stereocenters. The van der Waals surface area contributed by atoms with Crippen LogP contribution in [0, 0.1) is 5.92 Å². The van der Waals surface area contributed by atoms with E-state index in [0.717, 1.165) is 37.2 Å². The Hall–Kier alpha value is -2.76. The second-order valence-electron chi connectivity index (χ2n) is 7.38. The van der Waals surface area contributed by atoms with Gasteiger partial charge in [-0.25, -0.2) is 0 Å². The third-order valence-electron chi connectivity index (χ3n) is 5.25. The molecule has 3 aromatic rings. The molecule has 1 aliphatic rings. The fourth-order valence-corrected chi connectivity index (χ4v) is 3.59. The molecule has 5 nitrogen and oxygen atoms in total. The van der Waals surface area contributed by atoms with Crippen molar-refractivity contribution in [2.45, 2.75) is 32.0 Å². The number of carbonyl (C=O) groups is 1. The average Bonchev–Trinajstić information content (AvgIpc) is 3.46. The molecule has 1 saturated heterocycles. The van der Waals surface area contributed by atoms with Gasteiger partial charge in [-0.3, -0.25) is 4.79 Å². The minimum atomic E-state index is -0.219. The minimum Gasteiger partial charge on any atom is -0.381 e. The number of ether oxygens (including phenoxy) is 2. The third-order valence-corrected chi connectivity index (χ3v) is 5.25. The highest BCUT2D eigenvalue weighted by molar-refractivity contribution is 5.94. The van der Waals surface area contributed by atoms with Crippen molar-refractivity contribution in [2.75, 3.05) is 13.2 Å².